The fourth-order valence-electron chi connectivity index (χ4n) is 1.70. The monoisotopic (exact) mass is 346 g/mol. The minimum absolute atomic E-state index is 0.270. The summed E-state index contributed by atoms with van der Waals surface area (Å²) in [6, 6.07) is 6.66. The number of alkyl halides is 3. The predicted molar refractivity (Wildman–Crippen MR) is 86.1 cm³/mol. The van der Waals surface area contributed by atoms with Crippen molar-refractivity contribution in [2.45, 2.75) is 26.1 Å². The second-order valence-corrected chi connectivity index (χ2v) is 5.45. The van der Waals surface area contributed by atoms with Crippen molar-refractivity contribution in [3.8, 4) is 0 Å². The molecule has 134 valence electrons. The molecule has 6 nitrogen and oxygen atoms in total. The molecule has 0 unspecified atom stereocenters. The quantitative estimate of drug-likeness (QED) is 0.740. The van der Waals surface area contributed by atoms with E-state index < -0.39 is 31.2 Å². The number of hydrogen-bond donors (Lipinski definition) is 3. The van der Waals surface area contributed by atoms with Gasteiger partial charge in [-0.3, -0.25) is 4.79 Å². The molecule has 0 saturated carbocycles. The third-order valence-corrected chi connectivity index (χ3v) is 3.18. The minimum atomic E-state index is -4.49. The number of nitrogens with one attached hydrogen (secondary N) is 3. The Morgan fingerprint density at radius 2 is 1.88 bits per heavy atom. The van der Waals surface area contributed by atoms with E-state index in [9.17, 15) is 22.8 Å². The molecule has 24 heavy (non-hydrogen) atoms. The van der Waals surface area contributed by atoms with Gasteiger partial charge in [0.25, 0.3) is 0 Å². The maximum atomic E-state index is 11.9. The van der Waals surface area contributed by atoms with Crippen LogP contribution in [0, 0.1) is 0 Å². The maximum absolute atomic E-state index is 11.9. The van der Waals surface area contributed by atoms with Crippen LogP contribution in [0.2, 0.25) is 0 Å². The lowest BCUT2D eigenvalue weighted by Gasteiger charge is -2.24. The van der Waals surface area contributed by atoms with Gasteiger partial charge in [-0.15, -0.1) is 0 Å². The fourth-order valence-corrected chi connectivity index (χ4v) is 1.70. The lowest BCUT2D eigenvalue weighted by Crippen LogP contribution is -2.42. The van der Waals surface area contributed by atoms with Gasteiger partial charge in [0.05, 0.1) is 6.54 Å². The predicted octanol–water partition coefficient (Wildman–Crippen LogP) is 2.33. The Morgan fingerprint density at radius 3 is 2.46 bits per heavy atom. The zero-order chi connectivity index (χ0) is 18.3. The molecule has 9 heteroatoms. The van der Waals surface area contributed by atoms with E-state index in [2.05, 4.69) is 10.6 Å². The summed E-state index contributed by atoms with van der Waals surface area (Å²) in [5.41, 5.74) is 1.40. The highest BCUT2D eigenvalue weighted by atomic mass is 19.4. The van der Waals surface area contributed by atoms with Crippen molar-refractivity contribution < 1.29 is 22.8 Å². The van der Waals surface area contributed by atoms with Crippen LogP contribution in [0.3, 0.4) is 0 Å². The van der Waals surface area contributed by atoms with E-state index in [1.165, 1.54) is 0 Å². The Morgan fingerprint density at radius 1 is 1.21 bits per heavy atom. The van der Waals surface area contributed by atoms with Crippen molar-refractivity contribution in [1.82, 2.24) is 10.6 Å². The molecule has 0 spiro atoms. The first-order valence-corrected chi connectivity index (χ1v) is 7.29. The first kappa shape index (κ1) is 19.6. The number of halogens is 3. The molecule has 0 aromatic heterocycles. The molecule has 0 bridgehead atoms. The molecule has 0 aliphatic heterocycles. The van der Waals surface area contributed by atoms with Crippen LogP contribution in [-0.4, -0.2) is 44.3 Å². The maximum Gasteiger partial charge on any atom is 0.405 e. The van der Waals surface area contributed by atoms with Crippen molar-refractivity contribution >= 4 is 23.3 Å². The topological polar surface area (TPSA) is 73.5 Å². The van der Waals surface area contributed by atoms with E-state index in [1.807, 2.05) is 31.9 Å². The number of urea groups is 1. The molecular formula is C15H21F3N4O2. The number of hydrogen-bond acceptors (Lipinski definition) is 3. The largest absolute Gasteiger partial charge is 0.405 e. The van der Waals surface area contributed by atoms with Gasteiger partial charge in [-0.05, 0) is 32.0 Å². The molecule has 0 aliphatic carbocycles. The van der Waals surface area contributed by atoms with Crippen LogP contribution in [0.5, 0.6) is 0 Å². The number of amides is 3. The van der Waals surface area contributed by atoms with Crippen LogP contribution in [0.1, 0.15) is 13.8 Å². The second kappa shape index (κ2) is 8.42. The standard InChI is InChI=1S/C15H21F3N4O2/c1-10(2)22(3)12-6-4-5-11(7-12)21-14(24)19-8-13(23)20-9-15(16,17)18/h4-7,10H,8-9H2,1-3H3,(H,20,23)(H2,19,21,24). The van der Waals surface area contributed by atoms with Crippen LogP contribution in [0.4, 0.5) is 29.3 Å². The number of rotatable bonds is 6. The lowest BCUT2D eigenvalue weighted by atomic mass is 10.2. The van der Waals surface area contributed by atoms with E-state index in [0.717, 1.165) is 5.69 Å². The van der Waals surface area contributed by atoms with Gasteiger partial charge in [0.15, 0.2) is 0 Å². The highest BCUT2D eigenvalue weighted by molar-refractivity contribution is 5.92. The molecule has 0 heterocycles. The Balaban J connectivity index is 2.48. The van der Waals surface area contributed by atoms with E-state index in [4.69, 9.17) is 0 Å². The molecule has 1 rings (SSSR count). The summed E-state index contributed by atoms with van der Waals surface area (Å²) in [7, 11) is 1.91. The van der Waals surface area contributed by atoms with Crippen LogP contribution >= 0.6 is 0 Å². The van der Waals surface area contributed by atoms with Crippen molar-refractivity contribution in [3.05, 3.63) is 24.3 Å². The van der Waals surface area contributed by atoms with Crippen LogP contribution in [-0.2, 0) is 4.79 Å². The molecule has 0 radical (unpaired) electrons. The van der Waals surface area contributed by atoms with Crippen molar-refractivity contribution in [3.63, 3.8) is 0 Å². The molecule has 1 aromatic carbocycles. The van der Waals surface area contributed by atoms with Crippen LogP contribution < -0.4 is 20.9 Å². The molecule has 0 atom stereocenters. The Bertz CT molecular complexity index is 576. The van der Waals surface area contributed by atoms with Crippen molar-refractivity contribution in [2.75, 3.05) is 30.4 Å². The molecule has 0 saturated heterocycles. The Kier molecular flexibility index (Phi) is 6.87. The number of benzene rings is 1. The SMILES string of the molecule is CC(C)N(C)c1cccc(NC(=O)NCC(=O)NCC(F)(F)F)c1. The summed E-state index contributed by atoms with van der Waals surface area (Å²) in [6.45, 7) is 2.06. The third-order valence-electron chi connectivity index (χ3n) is 3.18. The number of nitrogens with zero attached hydrogens (tertiary/aromatic N) is 1. The summed E-state index contributed by atoms with van der Waals surface area (Å²) in [5.74, 6) is -0.921. The van der Waals surface area contributed by atoms with Crippen LogP contribution in [0.25, 0.3) is 0 Å². The Hall–Kier alpha value is -2.45. The van der Waals surface area contributed by atoms with Gasteiger partial charge in [0, 0.05) is 24.5 Å². The van der Waals surface area contributed by atoms with Gasteiger partial charge in [-0.1, -0.05) is 6.07 Å². The van der Waals surface area contributed by atoms with E-state index >= 15 is 0 Å². The first-order chi connectivity index (χ1) is 11.1. The number of anilines is 2. The zero-order valence-corrected chi connectivity index (χ0v) is 13.7. The Labute approximate surface area is 138 Å². The highest BCUT2D eigenvalue weighted by Crippen LogP contribution is 2.19. The molecule has 1 aromatic rings. The van der Waals surface area contributed by atoms with Crippen molar-refractivity contribution in [2.24, 2.45) is 0 Å². The average molecular weight is 346 g/mol. The molecule has 3 N–H and O–H groups in total. The smallest absolute Gasteiger partial charge is 0.372 e. The van der Waals surface area contributed by atoms with Gasteiger partial charge >= 0.3 is 12.2 Å². The van der Waals surface area contributed by atoms with Gasteiger partial charge in [0.2, 0.25) is 5.91 Å². The third kappa shape index (κ3) is 7.21. The van der Waals surface area contributed by atoms with Gasteiger partial charge < -0.3 is 20.9 Å². The second-order valence-electron chi connectivity index (χ2n) is 5.45. The average Bonchev–Trinajstić information content (AvgIpc) is 2.49. The summed E-state index contributed by atoms with van der Waals surface area (Å²) >= 11 is 0. The number of carbonyl (C=O) groups is 2. The molecular weight excluding hydrogens is 325 g/mol. The molecule has 0 fully saturated rings. The number of carbonyl (C=O) groups excluding carboxylic acids is 2. The zero-order valence-electron chi connectivity index (χ0n) is 13.7. The van der Waals surface area contributed by atoms with E-state index in [0.29, 0.717) is 5.69 Å². The highest BCUT2D eigenvalue weighted by Gasteiger charge is 2.27. The summed E-state index contributed by atoms with van der Waals surface area (Å²) in [4.78, 5) is 24.9. The first-order valence-electron chi connectivity index (χ1n) is 7.29. The summed E-state index contributed by atoms with van der Waals surface area (Å²) in [6.07, 6.45) is -4.49. The molecule has 0 aliphatic rings. The normalized spacial score (nSPS) is 11.1. The van der Waals surface area contributed by atoms with Gasteiger partial charge in [-0.25, -0.2) is 4.79 Å². The minimum Gasteiger partial charge on any atom is -0.372 e. The molecule has 3 amide bonds. The van der Waals surface area contributed by atoms with Gasteiger partial charge in [-0.2, -0.15) is 13.2 Å². The van der Waals surface area contributed by atoms with E-state index in [1.54, 1.807) is 23.5 Å². The fraction of sp³-hybridized carbons (Fsp3) is 0.467. The summed E-state index contributed by atoms with van der Waals surface area (Å²) < 4.78 is 35.8. The van der Waals surface area contributed by atoms with Gasteiger partial charge in [0.1, 0.15) is 6.54 Å². The van der Waals surface area contributed by atoms with Crippen LogP contribution in [0.15, 0.2) is 24.3 Å². The van der Waals surface area contributed by atoms with Crippen molar-refractivity contribution in [1.29, 1.82) is 0 Å². The lowest BCUT2D eigenvalue weighted by molar-refractivity contribution is -0.137. The summed E-state index contributed by atoms with van der Waals surface area (Å²) in [5, 5.41) is 6.39. The van der Waals surface area contributed by atoms with E-state index in [-0.39, 0.29) is 6.04 Å².